The van der Waals surface area contributed by atoms with E-state index >= 15 is 0 Å². The van der Waals surface area contributed by atoms with Crippen molar-refractivity contribution in [3.8, 4) is 17.4 Å². The maximum absolute atomic E-state index is 5.93. The minimum Gasteiger partial charge on any atom is -0.497 e. The van der Waals surface area contributed by atoms with Gasteiger partial charge in [0.05, 0.1) is 33.6 Å². The van der Waals surface area contributed by atoms with Gasteiger partial charge in [0, 0.05) is 18.3 Å². The standard InChI is InChI=1S/C16H20N4O3/c1-21-12-4-5-14(22-2)13(9-12)20-16(17)19-10-11-6-7-18-15(8-11)23-3/h4-9H,10H2,1-3H3,(H3,17,19,20). The molecule has 1 heterocycles. The lowest BCUT2D eigenvalue weighted by atomic mass is 10.2. The van der Waals surface area contributed by atoms with E-state index in [0.29, 0.717) is 29.6 Å². The van der Waals surface area contributed by atoms with Crippen molar-refractivity contribution < 1.29 is 14.2 Å². The van der Waals surface area contributed by atoms with E-state index in [-0.39, 0.29) is 5.96 Å². The maximum atomic E-state index is 5.93. The molecule has 0 aliphatic carbocycles. The van der Waals surface area contributed by atoms with Crippen molar-refractivity contribution in [2.45, 2.75) is 6.54 Å². The zero-order valence-corrected chi connectivity index (χ0v) is 13.4. The molecule has 0 spiro atoms. The lowest BCUT2D eigenvalue weighted by Crippen LogP contribution is -2.23. The fraction of sp³-hybridized carbons (Fsp3) is 0.250. The number of hydrogen-bond acceptors (Lipinski definition) is 5. The summed E-state index contributed by atoms with van der Waals surface area (Å²) >= 11 is 0. The molecule has 0 saturated carbocycles. The third-order valence-electron chi connectivity index (χ3n) is 3.11. The van der Waals surface area contributed by atoms with Gasteiger partial charge >= 0.3 is 0 Å². The van der Waals surface area contributed by atoms with Crippen molar-refractivity contribution in [3.63, 3.8) is 0 Å². The second-order valence-electron chi connectivity index (χ2n) is 4.60. The molecule has 3 N–H and O–H groups in total. The number of guanidine groups is 1. The summed E-state index contributed by atoms with van der Waals surface area (Å²) < 4.78 is 15.6. The van der Waals surface area contributed by atoms with Crippen LogP contribution in [0.5, 0.6) is 17.4 Å². The number of benzene rings is 1. The number of ether oxygens (including phenoxy) is 3. The summed E-state index contributed by atoms with van der Waals surface area (Å²) in [6, 6.07) is 9.05. The van der Waals surface area contributed by atoms with Gasteiger partial charge in [0.25, 0.3) is 0 Å². The molecule has 2 aromatic rings. The first-order valence-electron chi connectivity index (χ1n) is 6.94. The van der Waals surface area contributed by atoms with Gasteiger partial charge in [-0.2, -0.15) is 0 Å². The minimum atomic E-state index is 0.271. The van der Waals surface area contributed by atoms with Gasteiger partial charge in [-0.15, -0.1) is 0 Å². The molecule has 0 unspecified atom stereocenters. The van der Waals surface area contributed by atoms with Gasteiger partial charge in [-0.1, -0.05) is 0 Å². The van der Waals surface area contributed by atoms with Crippen LogP contribution < -0.4 is 25.3 Å². The summed E-state index contributed by atoms with van der Waals surface area (Å²) in [7, 11) is 4.75. The number of pyridine rings is 1. The third-order valence-corrected chi connectivity index (χ3v) is 3.11. The average Bonchev–Trinajstić information content (AvgIpc) is 2.60. The molecule has 0 amide bonds. The normalized spacial score (nSPS) is 11.0. The van der Waals surface area contributed by atoms with Crippen molar-refractivity contribution in [2.75, 3.05) is 26.6 Å². The molecular weight excluding hydrogens is 296 g/mol. The van der Waals surface area contributed by atoms with E-state index in [4.69, 9.17) is 19.9 Å². The van der Waals surface area contributed by atoms with Gasteiger partial charge in [-0.05, 0) is 23.8 Å². The molecule has 122 valence electrons. The van der Waals surface area contributed by atoms with E-state index in [1.165, 1.54) is 0 Å². The summed E-state index contributed by atoms with van der Waals surface area (Å²) in [5.41, 5.74) is 7.56. The molecule has 0 bridgehead atoms. The zero-order valence-electron chi connectivity index (χ0n) is 13.4. The van der Waals surface area contributed by atoms with Crippen LogP contribution in [0.15, 0.2) is 41.5 Å². The molecule has 1 aromatic heterocycles. The van der Waals surface area contributed by atoms with Crippen LogP contribution >= 0.6 is 0 Å². The number of aromatic nitrogens is 1. The van der Waals surface area contributed by atoms with Crippen molar-refractivity contribution in [3.05, 3.63) is 42.1 Å². The van der Waals surface area contributed by atoms with E-state index < -0.39 is 0 Å². The Bertz CT molecular complexity index is 689. The van der Waals surface area contributed by atoms with Gasteiger partial charge in [0.2, 0.25) is 5.88 Å². The Hall–Kier alpha value is -2.96. The summed E-state index contributed by atoms with van der Waals surface area (Å²) in [4.78, 5) is 8.35. The van der Waals surface area contributed by atoms with Crippen LogP contribution in [0.1, 0.15) is 5.56 Å². The molecule has 0 atom stereocenters. The number of nitrogens with zero attached hydrogens (tertiary/aromatic N) is 2. The highest BCUT2D eigenvalue weighted by Crippen LogP contribution is 2.28. The molecule has 0 radical (unpaired) electrons. The molecule has 0 aliphatic heterocycles. The highest BCUT2D eigenvalue weighted by molar-refractivity contribution is 5.94. The Kier molecular flexibility index (Phi) is 5.62. The van der Waals surface area contributed by atoms with Crippen molar-refractivity contribution in [1.82, 2.24) is 4.98 Å². The van der Waals surface area contributed by atoms with Gasteiger partial charge in [-0.25, -0.2) is 9.98 Å². The molecule has 1 aromatic carbocycles. The lowest BCUT2D eigenvalue weighted by molar-refractivity contribution is 0.397. The van der Waals surface area contributed by atoms with Crippen LogP contribution in [0.4, 0.5) is 5.69 Å². The van der Waals surface area contributed by atoms with Gasteiger partial charge in [0.1, 0.15) is 11.5 Å². The number of nitrogens with one attached hydrogen (secondary N) is 1. The Morgan fingerprint density at radius 2 is 1.96 bits per heavy atom. The number of nitrogens with two attached hydrogens (primary N) is 1. The minimum absolute atomic E-state index is 0.271. The first-order valence-corrected chi connectivity index (χ1v) is 6.94. The molecule has 0 saturated heterocycles. The first kappa shape index (κ1) is 16.4. The van der Waals surface area contributed by atoms with Gasteiger partial charge in [-0.3, -0.25) is 0 Å². The summed E-state index contributed by atoms with van der Waals surface area (Å²) in [6.45, 7) is 0.407. The van der Waals surface area contributed by atoms with Crippen LogP contribution in [0.25, 0.3) is 0 Å². The van der Waals surface area contributed by atoms with E-state index in [0.717, 1.165) is 5.56 Å². The predicted molar refractivity (Wildman–Crippen MR) is 89.3 cm³/mol. The largest absolute Gasteiger partial charge is 0.497 e. The van der Waals surface area contributed by atoms with Gasteiger partial charge in [0.15, 0.2) is 5.96 Å². The molecule has 7 heteroatoms. The van der Waals surface area contributed by atoms with Crippen LogP contribution in [0.2, 0.25) is 0 Å². The van der Waals surface area contributed by atoms with Crippen LogP contribution in [0, 0.1) is 0 Å². The quantitative estimate of drug-likeness (QED) is 0.626. The Morgan fingerprint density at radius 1 is 1.13 bits per heavy atom. The van der Waals surface area contributed by atoms with Crippen LogP contribution in [-0.4, -0.2) is 32.3 Å². The highest BCUT2D eigenvalue weighted by Gasteiger charge is 2.06. The molecule has 23 heavy (non-hydrogen) atoms. The Labute approximate surface area is 135 Å². The van der Waals surface area contributed by atoms with E-state index in [1.54, 1.807) is 45.7 Å². The second kappa shape index (κ2) is 7.88. The topological polar surface area (TPSA) is 91.0 Å². The highest BCUT2D eigenvalue weighted by atomic mass is 16.5. The molecule has 7 nitrogen and oxygen atoms in total. The van der Waals surface area contributed by atoms with Crippen LogP contribution in [-0.2, 0) is 6.54 Å². The van der Waals surface area contributed by atoms with E-state index in [1.807, 2.05) is 12.1 Å². The Morgan fingerprint density at radius 3 is 2.65 bits per heavy atom. The number of rotatable bonds is 6. The molecule has 0 fully saturated rings. The number of methoxy groups -OCH3 is 3. The Balaban J connectivity index is 2.10. The van der Waals surface area contributed by atoms with Crippen molar-refractivity contribution >= 4 is 11.6 Å². The average molecular weight is 316 g/mol. The zero-order chi connectivity index (χ0) is 16.7. The smallest absolute Gasteiger partial charge is 0.213 e. The summed E-state index contributed by atoms with van der Waals surface area (Å²) in [6.07, 6.45) is 1.67. The SMILES string of the molecule is COc1ccc(OC)c(NC(N)=NCc2ccnc(OC)c2)c1. The molecule has 2 rings (SSSR count). The second-order valence-corrected chi connectivity index (χ2v) is 4.60. The van der Waals surface area contributed by atoms with Gasteiger partial charge < -0.3 is 25.3 Å². The molecular formula is C16H20N4O3. The number of hydrogen-bond donors (Lipinski definition) is 2. The van der Waals surface area contributed by atoms with Crippen molar-refractivity contribution in [1.29, 1.82) is 0 Å². The van der Waals surface area contributed by atoms with E-state index in [2.05, 4.69) is 15.3 Å². The number of aliphatic imine (C=N–C) groups is 1. The first-order chi connectivity index (χ1) is 11.2. The summed E-state index contributed by atoms with van der Waals surface area (Å²) in [5, 5.41) is 3.01. The maximum Gasteiger partial charge on any atom is 0.213 e. The lowest BCUT2D eigenvalue weighted by Gasteiger charge is -2.12. The van der Waals surface area contributed by atoms with E-state index in [9.17, 15) is 0 Å². The van der Waals surface area contributed by atoms with Crippen molar-refractivity contribution in [2.24, 2.45) is 10.7 Å². The third kappa shape index (κ3) is 4.50. The molecule has 0 aliphatic rings. The fourth-order valence-corrected chi connectivity index (χ4v) is 1.93. The monoisotopic (exact) mass is 316 g/mol. The number of anilines is 1. The van der Waals surface area contributed by atoms with Crippen LogP contribution in [0.3, 0.4) is 0 Å². The summed E-state index contributed by atoms with van der Waals surface area (Å²) in [5.74, 6) is 2.15. The fourth-order valence-electron chi connectivity index (χ4n) is 1.93. The predicted octanol–water partition coefficient (Wildman–Crippen LogP) is 2.03.